The molecule has 4 aliphatic rings. The Kier molecular flexibility index (Phi) is 7.41. The van der Waals surface area contributed by atoms with E-state index in [0.717, 1.165) is 38.6 Å². The van der Waals surface area contributed by atoms with E-state index in [1.165, 1.54) is 18.2 Å². The van der Waals surface area contributed by atoms with Crippen molar-refractivity contribution in [2.75, 3.05) is 31.6 Å². The molecule has 0 unspecified atom stereocenters. The number of nitrogens with zero attached hydrogens (tertiary/aromatic N) is 4. The SMILES string of the molecule is CC[C@@H]1CNc2nc(OC[C@@]34CCCN3C[C@H](F)C4)nc3c(F)c(-c4cc(O)cc5ccc(Cl)c(F)c45)nc(c23)CC[C@H]2C[C@@H]2N1. The number of halogens is 4. The fourth-order valence-corrected chi connectivity index (χ4v) is 8.09. The maximum absolute atomic E-state index is 16.9. The topological polar surface area (TPSA) is 95.4 Å². The molecule has 2 saturated heterocycles. The van der Waals surface area contributed by atoms with Gasteiger partial charge in [-0.3, -0.25) is 4.90 Å². The lowest BCUT2D eigenvalue weighted by Crippen LogP contribution is -2.43. The number of alkyl halides is 1. The second kappa shape index (κ2) is 11.4. The van der Waals surface area contributed by atoms with Crippen LogP contribution in [0.25, 0.3) is 32.9 Å². The first-order chi connectivity index (χ1) is 22.2. The van der Waals surface area contributed by atoms with Crippen molar-refractivity contribution in [2.45, 2.75) is 75.7 Å². The summed E-state index contributed by atoms with van der Waals surface area (Å²) in [6, 6.07) is 6.26. The first-order valence-electron chi connectivity index (χ1n) is 16.3. The molecule has 242 valence electrons. The van der Waals surface area contributed by atoms with Crippen LogP contribution in [0.2, 0.25) is 5.02 Å². The fraction of sp³-hybridized carbons (Fsp3) is 0.500. The van der Waals surface area contributed by atoms with Crippen LogP contribution in [0.3, 0.4) is 0 Å². The summed E-state index contributed by atoms with van der Waals surface area (Å²) in [5, 5.41) is 18.5. The predicted octanol–water partition coefficient (Wildman–Crippen LogP) is 6.55. The molecule has 8 rings (SSSR count). The number of anilines is 1. The standard InChI is InChI=1S/C34H36ClF3N6O2/c1-2-20-14-39-32-27-24(7-5-17-11-25(17)40-20)41-30(22-12-21(45)10-18-4-6-23(35)28(37)26(18)22)29(38)31(27)42-33(43-32)46-16-34-8-3-9-44(34)15-19(36)13-34/h4,6,10,12,17,19-20,25,40,45H,2-3,5,7-9,11,13-16H2,1H3,(H,39,42,43)/t17-,19+,20+,25-,34-/m0/s1. The van der Waals surface area contributed by atoms with Crippen LogP contribution >= 0.6 is 11.6 Å². The number of pyridine rings is 1. The van der Waals surface area contributed by atoms with Crippen molar-refractivity contribution < 1.29 is 23.0 Å². The van der Waals surface area contributed by atoms with E-state index in [1.54, 1.807) is 6.07 Å². The molecule has 2 aromatic carbocycles. The third-order valence-corrected chi connectivity index (χ3v) is 10.7. The summed E-state index contributed by atoms with van der Waals surface area (Å²) >= 11 is 6.17. The largest absolute Gasteiger partial charge is 0.508 e. The number of rotatable bonds is 5. The van der Waals surface area contributed by atoms with Gasteiger partial charge in [0, 0.05) is 42.5 Å². The Balaban J connectivity index is 1.30. The number of aryl methyl sites for hydroxylation is 1. The Bertz CT molecular complexity index is 1860. The number of aromatic hydroxyl groups is 1. The van der Waals surface area contributed by atoms with Gasteiger partial charge in [-0.2, -0.15) is 9.97 Å². The molecule has 0 spiro atoms. The minimum absolute atomic E-state index is 0.00500. The van der Waals surface area contributed by atoms with Gasteiger partial charge in [0.1, 0.15) is 41.4 Å². The monoisotopic (exact) mass is 652 g/mol. The van der Waals surface area contributed by atoms with Crippen LogP contribution in [0.15, 0.2) is 24.3 Å². The molecule has 1 aliphatic carbocycles. The van der Waals surface area contributed by atoms with Crippen molar-refractivity contribution in [2.24, 2.45) is 5.92 Å². The van der Waals surface area contributed by atoms with Crippen LogP contribution in [0, 0.1) is 17.6 Å². The molecule has 0 amide bonds. The van der Waals surface area contributed by atoms with Crippen LogP contribution < -0.4 is 15.4 Å². The van der Waals surface area contributed by atoms with E-state index in [4.69, 9.17) is 26.3 Å². The summed E-state index contributed by atoms with van der Waals surface area (Å²) in [5.74, 6) is -0.795. The lowest BCUT2D eigenvalue weighted by molar-refractivity contribution is 0.107. The molecular formula is C34H36ClF3N6O2. The highest BCUT2D eigenvalue weighted by Crippen LogP contribution is 2.43. The average Bonchev–Trinajstić information content (AvgIpc) is 3.55. The van der Waals surface area contributed by atoms with E-state index < -0.39 is 23.3 Å². The Labute approximate surface area is 269 Å². The van der Waals surface area contributed by atoms with Gasteiger partial charge < -0.3 is 20.5 Å². The van der Waals surface area contributed by atoms with E-state index in [9.17, 15) is 9.50 Å². The van der Waals surface area contributed by atoms with E-state index in [2.05, 4.69) is 27.4 Å². The highest BCUT2D eigenvalue weighted by Gasteiger charge is 2.49. The zero-order valence-electron chi connectivity index (χ0n) is 25.6. The molecule has 2 aromatic heterocycles. The third kappa shape index (κ3) is 5.11. The third-order valence-electron chi connectivity index (χ3n) is 10.5. The second-order valence-corrected chi connectivity index (χ2v) is 13.8. The molecule has 0 radical (unpaired) electrons. The number of hydrogen-bond donors (Lipinski definition) is 3. The van der Waals surface area contributed by atoms with Crippen molar-refractivity contribution >= 4 is 39.1 Å². The van der Waals surface area contributed by atoms with Gasteiger partial charge in [0.2, 0.25) is 0 Å². The Morgan fingerprint density at radius 3 is 2.87 bits per heavy atom. The number of aromatic nitrogens is 3. The van der Waals surface area contributed by atoms with Gasteiger partial charge in [0.15, 0.2) is 5.82 Å². The molecular weight excluding hydrogens is 617 g/mol. The Morgan fingerprint density at radius 1 is 1.15 bits per heavy atom. The minimum Gasteiger partial charge on any atom is -0.508 e. The maximum Gasteiger partial charge on any atom is 0.319 e. The molecule has 3 fully saturated rings. The second-order valence-electron chi connectivity index (χ2n) is 13.4. The molecule has 4 aromatic rings. The van der Waals surface area contributed by atoms with Gasteiger partial charge in [-0.1, -0.05) is 24.6 Å². The van der Waals surface area contributed by atoms with Crippen molar-refractivity contribution in [1.82, 2.24) is 25.2 Å². The van der Waals surface area contributed by atoms with E-state index in [-0.39, 0.29) is 51.6 Å². The zero-order chi connectivity index (χ0) is 31.7. The van der Waals surface area contributed by atoms with Crippen molar-refractivity contribution in [3.05, 3.63) is 46.6 Å². The lowest BCUT2D eigenvalue weighted by Gasteiger charge is -2.30. The van der Waals surface area contributed by atoms with E-state index >= 15 is 8.78 Å². The Morgan fingerprint density at radius 2 is 2.02 bits per heavy atom. The highest BCUT2D eigenvalue weighted by molar-refractivity contribution is 6.31. The van der Waals surface area contributed by atoms with E-state index in [0.29, 0.717) is 60.2 Å². The molecule has 0 bridgehead atoms. The average molecular weight is 653 g/mol. The number of phenolic OH excluding ortho intramolecular Hbond substituents is 1. The van der Waals surface area contributed by atoms with Gasteiger partial charge in [-0.05, 0) is 74.6 Å². The molecule has 12 heteroatoms. The van der Waals surface area contributed by atoms with Crippen LogP contribution in [0.1, 0.15) is 51.1 Å². The van der Waals surface area contributed by atoms with Crippen LogP contribution in [0.5, 0.6) is 11.8 Å². The fourth-order valence-electron chi connectivity index (χ4n) is 7.93. The summed E-state index contributed by atoms with van der Waals surface area (Å²) in [5.41, 5.74) is 0.0787. The molecule has 1 saturated carbocycles. The number of benzene rings is 2. The minimum atomic E-state index is -0.919. The number of fused-ring (bicyclic) bond motifs is 3. The zero-order valence-corrected chi connectivity index (χ0v) is 26.3. The number of ether oxygens (including phenoxy) is 1. The lowest BCUT2D eigenvalue weighted by atomic mass is 9.95. The van der Waals surface area contributed by atoms with Gasteiger partial charge in [-0.25, -0.2) is 18.2 Å². The predicted molar refractivity (Wildman–Crippen MR) is 171 cm³/mol. The van der Waals surface area contributed by atoms with Crippen LogP contribution in [0.4, 0.5) is 19.0 Å². The van der Waals surface area contributed by atoms with Crippen molar-refractivity contribution in [3.63, 3.8) is 0 Å². The first-order valence-corrected chi connectivity index (χ1v) is 16.6. The normalized spacial score (nSPS) is 27.7. The quantitative estimate of drug-likeness (QED) is 0.223. The molecule has 46 heavy (non-hydrogen) atoms. The summed E-state index contributed by atoms with van der Waals surface area (Å²) in [7, 11) is 0. The molecule has 3 N–H and O–H groups in total. The first kappa shape index (κ1) is 30.0. The maximum atomic E-state index is 16.9. The summed E-state index contributed by atoms with van der Waals surface area (Å²) in [6.45, 7) is 4.06. The summed E-state index contributed by atoms with van der Waals surface area (Å²) in [4.78, 5) is 16.3. The molecule has 8 nitrogen and oxygen atoms in total. The number of nitrogens with one attached hydrogen (secondary N) is 2. The number of hydrogen-bond acceptors (Lipinski definition) is 8. The van der Waals surface area contributed by atoms with Crippen molar-refractivity contribution in [3.8, 4) is 23.0 Å². The molecule has 3 aliphatic heterocycles. The van der Waals surface area contributed by atoms with Crippen LogP contribution in [-0.4, -0.2) is 75.0 Å². The van der Waals surface area contributed by atoms with E-state index in [1.807, 2.05) is 0 Å². The smallest absolute Gasteiger partial charge is 0.319 e. The Hall–Kier alpha value is -3.41. The number of phenols is 1. The van der Waals surface area contributed by atoms with Gasteiger partial charge in [0.05, 0.1) is 21.6 Å². The molecule has 5 heterocycles. The summed E-state index contributed by atoms with van der Waals surface area (Å²) < 4.78 is 53.2. The van der Waals surface area contributed by atoms with Gasteiger partial charge in [-0.15, -0.1) is 0 Å². The van der Waals surface area contributed by atoms with Crippen LogP contribution in [-0.2, 0) is 6.42 Å². The van der Waals surface area contributed by atoms with Crippen molar-refractivity contribution in [1.29, 1.82) is 0 Å². The summed E-state index contributed by atoms with van der Waals surface area (Å²) in [6.07, 6.45) is 4.53. The highest BCUT2D eigenvalue weighted by atomic mass is 35.5. The van der Waals surface area contributed by atoms with Gasteiger partial charge in [0.25, 0.3) is 0 Å². The van der Waals surface area contributed by atoms with Gasteiger partial charge >= 0.3 is 6.01 Å². The molecule has 5 atom stereocenters.